The van der Waals surface area contributed by atoms with Gasteiger partial charge in [0.1, 0.15) is 0 Å². The van der Waals surface area contributed by atoms with Crippen molar-refractivity contribution in [2.45, 2.75) is 19.3 Å². The fourth-order valence-electron chi connectivity index (χ4n) is 1.80. The van der Waals surface area contributed by atoms with Crippen molar-refractivity contribution in [3.05, 3.63) is 23.5 Å². The summed E-state index contributed by atoms with van der Waals surface area (Å²) < 4.78 is 1.92. The van der Waals surface area contributed by atoms with Crippen molar-refractivity contribution in [2.24, 2.45) is 11.7 Å². The Labute approximate surface area is 103 Å². The van der Waals surface area contributed by atoms with Gasteiger partial charge in [0.05, 0.1) is 11.6 Å². The predicted octanol–water partition coefficient (Wildman–Crippen LogP) is 1.38. The number of carboxylic acids is 1. The summed E-state index contributed by atoms with van der Waals surface area (Å²) in [7, 11) is 0. The lowest BCUT2D eigenvalue weighted by Crippen LogP contribution is -2.18. The van der Waals surface area contributed by atoms with E-state index in [4.69, 9.17) is 10.8 Å². The number of hydrogen-bond donors (Lipinski definition) is 2. The van der Waals surface area contributed by atoms with Crippen molar-refractivity contribution in [1.29, 1.82) is 0 Å². The molecule has 2 aromatic rings. The van der Waals surface area contributed by atoms with E-state index in [1.165, 1.54) is 0 Å². The van der Waals surface area contributed by atoms with Gasteiger partial charge in [-0.3, -0.25) is 9.20 Å². The first kappa shape index (κ1) is 12.1. The molecule has 0 aliphatic rings. The van der Waals surface area contributed by atoms with Crippen molar-refractivity contribution >= 4 is 22.3 Å². The summed E-state index contributed by atoms with van der Waals surface area (Å²) in [6.07, 6.45) is 5.64. The van der Waals surface area contributed by atoms with Crippen LogP contribution < -0.4 is 5.73 Å². The van der Waals surface area contributed by atoms with E-state index in [-0.39, 0.29) is 5.92 Å². The zero-order valence-corrected chi connectivity index (χ0v) is 10.2. The Bertz CT molecular complexity index is 477. The molecule has 0 amide bonds. The molecule has 6 heteroatoms. The van der Waals surface area contributed by atoms with Gasteiger partial charge in [0.25, 0.3) is 0 Å². The number of carbonyl (C=O) groups is 1. The lowest BCUT2D eigenvalue weighted by atomic mass is 9.98. The zero-order valence-electron chi connectivity index (χ0n) is 9.37. The van der Waals surface area contributed by atoms with Crippen LogP contribution >= 0.6 is 11.3 Å². The lowest BCUT2D eigenvalue weighted by Gasteiger charge is -2.09. The molecule has 17 heavy (non-hydrogen) atoms. The highest BCUT2D eigenvalue weighted by molar-refractivity contribution is 7.15. The van der Waals surface area contributed by atoms with Gasteiger partial charge >= 0.3 is 5.97 Å². The van der Waals surface area contributed by atoms with Gasteiger partial charge in [0, 0.05) is 24.2 Å². The maximum atomic E-state index is 11.1. The fourth-order valence-corrected chi connectivity index (χ4v) is 2.52. The number of aliphatic carboxylic acids is 1. The van der Waals surface area contributed by atoms with Gasteiger partial charge in [0.15, 0.2) is 4.96 Å². The number of nitrogens with two attached hydrogens (primary N) is 1. The van der Waals surface area contributed by atoms with Crippen LogP contribution in [0.4, 0.5) is 0 Å². The van der Waals surface area contributed by atoms with E-state index in [1.54, 1.807) is 11.3 Å². The highest BCUT2D eigenvalue weighted by Crippen LogP contribution is 2.17. The topological polar surface area (TPSA) is 80.6 Å². The van der Waals surface area contributed by atoms with Gasteiger partial charge < -0.3 is 10.8 Å². The number of fused-ring (bicyclic) bond motifs is 1. The Morgan fingerprint density at radius 1 is 1.65 bits per heavy atom. The molecule has 5 nitrogen and oxygen atoms in total. The van der Waals surface area contributed by atoms with Crippen LogP contribution in [-0.4, -0.2) is 27.0 Å². The van der Waals surface area contributed by atoms with Crippen molar-refractivity contribution < 1.29 is 9.90 Å². The van der Waals surface area contributed by atoms with Crippen molar-refractivity contribution in [3.63, 3.8) is 0 Å². The molecule has 0 spiro atoms. The van der Waals surface area contributed by atoms with E-state index in [0.717, 1.165) is 17.1 Å². The van der Waals surface area contributed by atoms with E-state index >= 15 is 0 Å². The number of carboxylic acid groups (broad SMARTS) is 1. The normalized spacial score (nSPS) is 13.0. The molecular formula is C11H15N3O2S. The van der Waals surface area contributed by atoms with E-state index in [2.05, 4.69) is 4.98 Å². The third-order valence-electron chi connectivity index (χ3n) is 2.70. The second kappa shape index (κ2) is 5.29. The van der Waals surface area contributed by atoms with Crippen LogP contribution in [-0.2, 0) is 11.2 Å². The van der Waals surface area contributed by atoms with E-state index < -0.39 is 5.97 Å². The Hall–Kier alpha value is -1.40. The van der Waals surface area contributed by atoms with Crippen LogP contribution in [0, 0.1) is 5.92 Å². The van der Waals surface area contributed by atoms with E-state index in [0.29, 0.717) is 19.4 Å². The number of nitrogens with zero attached hydrogens (tertiary/aromatic N) is 2. The van der Waals surface area contributed by atoms with Crippen LogP contribution in [0.15, 0.2) is 17.8 Å². The van der Waals surface area contributed by atoms with Crippen LogP contribution in [0.1, 0.15) is 18.5 Å². The highest BCUT2D eigenvalue weighted by atomic mass is 32.1. The minimum atomic E-state index is -0.769. The summed E-state index contributed by atoms with van der Waals surface area (Å²) in [6.45, 7) is 0.530. The van der Waals surface area contributed by atoms with Crippen molar-refractivity contribution in [2.75, 3.05) is 6.54 Å². The maximum absolute atomic E-state index is 11.1. The molecule has 1 atom stereocenters. The smallest absolute Gasteiger partial charge is 0.306 e. The molecule has 92 valence electrons. The Morgan fingerprint density at radius 3 is 3.12 bits per heavy atom. The summed E-state index contributed by atoms with van der Waals surface area (Å²) in [6, 6.07) is 0. The van der Waals surface area contributed by atoms with Gasteiger partial charge in [-0.25, -0.2) is 4.98 Å². The first-order chi connectivity index (χ1) is 8.20. The molecule has 0 saturated heterocycles. The Kier molecular flexibility index (Phi) is 3.75. The summed E-state index contributed by atoms with van der Waals surface area (Å²) in [5.41, 5.74) is 6.24. The highest BCUT2D eigenvalue weighted by Gasteiger charge is 2.19. The summed E-state index contributed by atoms with van der Waals surface area (Å²) >= 11 is 1.55. The second-order valence-corrected chi connectivity index (χ2v) is 4.87. The van der Waals surface area contributed by atoms with Gasteiger partial charge in [-0.1, -0.05) is 0 Å². The Morgan fingerprint density at radius 2 is 2.47 bits per heavy atom. The van der Waals surface area contributed by atoms with Crippen molar-refractivity contribution in [3.8, 4) is 0 Å². The SMILES string of the molecule is NCCCC(Cc1cn2ccsc2n1)C(=O)O. The Balaban J connectivity index is 2.06. The predicted molar refractivity (Wildman–Crippen MR) is 66.2 cm³/mol. The lowest BCUT2D eigenvalue weighted by molar-refractivity contribution is -0.142. The molecule has 0 bridgehead atoms. The third kappa shape index (κ3) is 2.83. The van der Waals surface area contributed by atoms with Crippen LogP contribution in [0.3, 0.4) is 0 Å². The van der Waals surface area contributed by atoms with Crippen molar-refractivity contribution in [1.82, 2.24) is 9.38 Å². The number of aromatic nitrogens is 2. The minimum Gasteiger partial charge on any atom is -0.481 e. The summed E-state index contributed by atoms with van der Waals surface area (Å²) in [5.74, 6) is -1.15. The van der Waals surface area contributed by atoms with E-state index in [9.17, 15) is 4.79 Å². The summed E-state index contributed by atoms with van der Waals surface area (Å²) in [4.78, 5) is 16.4. The molecule has 0 aliphatic carbocycles. The number of hydrogen-bond acceptors (Lipinski definition) is 4. The molecule has 0 radical (unpaired) electrons. The first-order valence-electron chi connectivity index (χ1n) is 5.54. The molecule has 2 aromatic heterocycles. The average Bonchev–Trinajstić information content (AvgIpc) is 2.83. The molecule has 0 aliphatic heterocycles. The molecule has 0 aromatic carbocycles. The standard InChI is InChI=1S/C11H15N3O2S/c12-3-1-2-8(10(15)16)6-9-7-14-4-5-17-11(14)13-9/h4-5,7-8H,1-3,6,12H2,(H,15,16). The quantitative estimate of drug-likeness (QED) is 0.815. The second-order valence-electron chi connectivity index (χ2n) is 4.00. The van der Waals surface area contributed by atoms with Gasteiger partial charge in [-0.2, -0.15) is 0 Å². The molecule has 0 saturated carbocycles. The number of rotatable bonds is 6. The fraction of sp³-hybridized carbons (Fsp3) is 0.455. The molecular weight excluding hydrogens is 238 g/mol. The number of imidazole rings is 1. The van der Waals surface area contributed by atoms with Gasteiger partial charge in [0.2, 0.25) is 0 Å². The molecule has 1 unspecified atom stereocenters. The van der Waals surface area contributed by atoms with Crippen LogP contribution in [0.5, 0.6) is 0 Å². The monoisotopic (exact) mass is 253 g/mol. The molecule has 2 rings (SSSR count). The zero-order chi connectivity index (χ0) is 12.3. The largest absolute Gasteiger partial charge is 0.481 e. The van der Waals surface area contributed by atoms with Crippen LogP contribution in [0.2, 0.25) is 0 Å². The minimum absolute atomic E-state index is 0.386. The average molecular weight is 253 g/mol. The molecule has 2 heterocycles. The van der Waals surface area contributed by atoms with Crippen LogP contribution in [0.25, 0.3) is 4.96 Å². The molecule has 3 N–H and O–H groups in total. The number of thiazole rings is 1. The van der Waals surface area contributed by atoms with Gasteiger partial charge in [-0.05, 0) is 19.4 Å². The van der Waals surface area contributed by atoms with Gasteiger partial charge in [-0.15, -0.1) is 11.3 Å². The molecule has 0 fully saturated rings. The third-order valence-corrected chi connectivity index (χ3v) is 3.48. The summed E-state index contributed by atoms with van der Waals surface area (Å²) in [5, 5.41) is 11.1. The maximum Gasteiger partial charge on any atom is 0.306 e. The first-order valence-corrected chi connectivity index (χ1v) is 6.42. The van der Waals surface area contributed by atoms with E-state index in [1.807, 2.05) is 22.2 Å².